The van der Waals surface area contributed by atoms with Crippen LogP contribution in [0.2, 0.25) is 19.1 Å². The number of hydrogen-bond acceptors (Lipinski definition) is 2. The van der Waals surface area contributed by atoms with E-state index in [4.69, 9.17) is 4.43 Å². The van der Waals surface area contributed by atoms with Gasteiger partial charge in [-0.2, -0.15) is 0 Å². The lowest BCUT2D eigenvalue weighted by atomic mass is 10.3. The van der Waals surface area contributed by atoms with E-state index in [0.717, 1.165) is 12.5 Å². The van der Waals surface area contributed by atoms with Crippen molar-refractivity contribution in [3.63, 3.8) is 0 Å². The molecule has 0 saturated heterocycles. The monoisotopic (exact) mass is 174 g/mol. The van der Waals surface area contributed by atoms with Crippen LogP contribution >= 0.6 is 0 Å². The Bertz CT molecular complexity index is 132. The van der Waals surface area contributed by atoms with Gasteiger partial charge in [0, 0.05) is 13.5 Å². The molecule has 0 aliphatic carbocycles. The van der Waals surface area contributed by atoms with Gasteiger partial charge in [0.2, 0.25) is 0 Å². The van der Waals surface area contributed by atoms with Crippen LogP contribution in [-0.4, -0.2) is 21.2 Å². The van der Waals surface area contributed by atoms with Crippen LogP contribution in [0.25, 0.3) is 0 Å². The van der Waals surface area contributed by atoms with Crippen LogP contribution in [0.5, 0.6) is 0 Å². The lowest BCUT2D eigenvalue weighted by molar-refractivity contribution is -0.117. The van der Waals surface area contributed by atoms with E-state index >= 15 is 0 Å². The van der Waals surface area contributed by atoms with Crippen LogP contribution in [0.3, 0.4) is 0 Å². The molecule has 0 unspecified atom stereocenters. The third-order valence-corrected chi connectivity index (χ3v) is 4.52. The Balaban J connectivity index is 3.45. The first-order chi connectivity index (χ1) is 4.98. The molecule has 0 aliphatic heterocycles. The molecule has 0 rings (SSSR count). The topological polar surface area (TPSA) is 26.3 Å². The average molecular weight is 174 g/mol. The van der Waals surface area contributed by atoms with E-state index in [1.54, 1.807) is 14.0 Å². The molecule has 0 aliphatic rings. The molecule has 3 heteroatoms. The van der Waals surface area contributed by atoms with Crippen molar-refractivity contribution >= 4 is 14.1 Å². The molecule has 0 spiro atoms. The molecule has 0 atom stereocenters. The van der Waals surface area contributed by atoms with Crippen molar-refractivity contribution in [1.29, 1.82) is 0 Å². The van der Waals surface area contributed by atoms with Gasteiger partial charge >= 0.3 is 0 Å². The molecule has 0 fully saturated rings. The summed E-state index contributed by atoms with van der Waals surface area (Å²) in [6.07, 6.45) is 1.70. The van der Waals surface area contributed by atoms with Crippen LogP contribution in [0.15, 0.2) is 0 Å². The van der Waals surface area contributed by atoms with Crippen LogP contribution < -0.4 is 0 Å². The molecule has 0 heterocycles. The first-order valence-corrected chi connectivity index (χ1v) is 7.14. The first-order valence-electron chi connectivity index (χ1n) is 4.02. The van der Waals surface area contributed by atoms with Crippen molar-refractivity contribution in [2.24, 2.45) is 0 Å². The van der Waals surface area contributed by atoms with Crippen LogP contribution in [0, 0.1) is 0 Å². The second kappa shape index (κ2) is 4.67. The highest BCUT2D eigenvalue weighted by molar-refractivity contribution is 6.71. The zero-order valence-electron chi connectivity index (χ0n) is 7.94. The third kappa shape index (κ3) is 6.25. The number of carbonyl (C=O) groups is 1. The minimum atomic E-state index is -1.40. The van der Waals surface area contributed by atoms with Gasteiger partial charge in [0.1, 0.15) is 5.78 Å². The molecular formula is C8H18O2Si. The summed E-state index contributed by atoms with van der Waals surface area (Å²) in [6, 6.07) is 1.09. The zero-order chi connectivity index (χ0) is 8.91. The van der Waals surface area contributed by atoms with Gasteiger partial charge in [-0.15, -0.1) is 0 Å². The quantitative estimate of drug-likeness (QED) is 0.597. The molecule has 66 valence electrons. The highest BCUT2D eigenvalue weighted by Crippen LogP contribution is 2.13. The zero-order valence-corrected chi connectivity index (χ0v) is 8.94. The molecule has 0 amide bonds. The van der Waals surface area contributed by atoms with E-state index in [1.165, 1.54) is 0 Å². The summed E-state index contributed by atoms with van der Waals surface area (Å²) in [5.74, 6) is 0.283. The second-order valence-corrected chi connectivity index (χ2v) is 7.95. The summed E-state index contributed by atoms with van der Waals surface area (Å²) in [4.78, 5) is 10.6. The standard InChI is InChI=1S/C8H18O2Si/c1-8(9)6-5-7-11(3,4)10-2/h5-7H2,1-4H3. The second-order valence-electron chi connectivity index (χ2n) is 3.52. The van der Waals surface area contributed by atoms with Gasteiger partial charge in [0.25, 0.3) is 0 Å². The maximum Gasteiger partial charge on any atom is 0.186 e. The summed E-state index contributed by atoms with van der Waals surface area (Å²) in [5, 5.41) is 0. The van der Waals surface area contributed by atoms with Crippen molar-refractivity contribution in [1.82, 2.24) is 0 Å². The van der Waals surface area contributed by atoms with Gasteiger partial charge in [-0.1, -0.05) is 0 Å². The summed E-state index contributed by atoms with van der Waals surface area (Å²) in [7, 11) is 0.368. The van der Waals surface area contributed by atoms with Crippen molar-refractivity contribution < 1.29 is 9.22 Å². The van der Waals surface area contributed by atoms with E-state index in [-0.39, 0.29) is 5.78 Å². The molecular weight excluding hydrogens is 156 g/mol. The SMILES string of the molecule is CO[Si](C)(C)CCCC(C)=O. The molecule has 0 bridgehead atoms. The van der Waals surface area contributed by atoms with E-state index in [9.17, 15) is 4.79 Å². The molecule has 2 nitrogen and oxygen atoms in total. The smallest absolute Gasteiger partial charge is 0.186 e. The molecule has 11 heavy (non-hydrogen) atoms. The maximum atomic E-state index is 10.6. The molecule has 0 radical (unpaired) electrons. The minimum absolute atomic E-state index is 0.283. The largest absolute Gasteiger partial charge is 0.420 e. The highest BCUT2D eigenvalue weighted by atomic mass is 28.4. The van der Waals surface area contributed by atoms with Gasteiger partial charge in [0.15, 0.2) is 8.32 Å². The lowest BCUT2D eigenvalue weighted by Gasteiger charge is -2.18. The average Bonchev–Trinajstić information content (AvgIpc) is 1.87. The van der Waals surface area contributed by atoms with Crippen molar-refractivity contribution in [2.75, 3.05) is 7.11 Å². The van der Waals surface area contributed by atoms with E-state index < -0.39 is 8.32 Å². The number of Topliss-reactive ketones (excluding diaryl/α,β-unsaturated/α-hetero) is 1. The summed E-state index contributed by atoms with van der Waals surface area (Å²) >= 11 is 0. The van der Waals surface area contributed by atoms with Crippen LogP contribution in [-0.2, 0) is 9.22 Å². The van der Waals surface area contributed by atoms with E-state index in [1.807, 2.05) is 0 Å². The Kier molecular flexibility index (Phi) is 4.60. The highest BCUT2D eigenvalue weighted by Gasteiger charge is 2.19. The van der Waals surface area contributed by atoms with E-state index in [2.05, 4.69) is 13.1 Å². The number of ketones is 1. The predicted molar refractivity (Wildman–Crippen MR) is 49.2 cm³/mol. The fourth-order valence-electron chi connectivity index (χ4n) is 0.865. The summed E-state index contributed by atoms with van der Waals surface area (Å²) in [5.41, 5.74) is 0. The van der Waals surface area contributed by atoms with Gasteiger partial charge < -0.3 is 9.22 Å². The fourth-order valence-corrected chi connectivity index (χ4v) is 2.10. The molecule has 0 aromatic heterocycles. The van der Waals surface area contributed by atoms with Crippen molar-refractivity contribution in [3.8, 4) is 0 Å². The normalized spacial score (nSPS) is 11.6. The number of rotatable bonds is 5. The van der Waals surface area contributed by atoms with Gasteiger partial charge in [-0.3, -0.25) is 0 Å². The lowest BCUT2D eigenvalue weighted by Crippen LogP contribution is -2.28. The third-order valence-electron chi connectivity index (χ3n) is 1.86. The fraction of sp³-hybridized carbons (Fsp3) is 0.875. The number of hydrogen-bond donors (Lipinski definition) is 0. The number of carbonyl (C=O) groups excluding carboxylic acids is 1. The van der Waals surface area contributed by atoms with Crippen molar-refractivity contribution in [3.05, 3.63) is 0 Å². The van der Waals surface area contributed by atoms with Crippen LogP contribution in [0.4, 0.5) is 0 Å². The van der Waals surface area contributed by atoms with Gasteiger partial charge in [-0.05, 0) is 32.5 Å². The Hall–Kier alpha value is -0.153. The Morgan fingerprint density at radius 2 is 2.00 bits per heavy atom. The Labute approximate surface area is 70.1 Å². The molecule has 0 aromatic carbocycles. The molecule has 0 N–H and O–H groups in total. The minimum Gasteiger partial charge on any atom is -0.420 e. The van der Waals surface area contributed by atoms with E-state index in [0.29, 0.717) is 6.42 Å². The Morgan fingerprint density at radius 3 is 2.36 bits per heavy atom. The molecule has 0 aromatic rings. The molecule has 0 saturated carbocycles. The Morgan fingerprint density at radius 1 is 1.45 bits per heavy atom. The van der Waals surface area contributed by atoms with Gasteiger partial charge in [-0.25, -0.2) is 0 Å². The summed E-state index contributed by atoms with van der Waals surface area (Å²) in [6.45, 7) is 5.99. The van der Waals surface area contributed by atoms with Crippen molar-refractivity contribution in [2.45, 2.75) is 38.9 Å². The maximum absolute atomic E-state index is 10.6. The predicted octanol–water partition coefficient (Wildman–Crippen LogP) is 2.21. The summed E-state index contributed by atoms with van der Waals surface area (Å²) < 4.78 is 5.35. The van der Waals surface area contributed by atoms with Gasteiger partial charge in [0.05, 0.1) is 0 Å². The first kappa shape index (κ1) is 10.8. The van der Waals surface area contributed by atoms with Crippen LogP contribution in [0.1, 0.15) is 19.8 Å².